The van der Waals surface area contributed by atoms with E-state index >= 15 is 0 Å². The maximum Gasteiger partial charge on any atom is 0.338 e. The molecular weight excluding hydrogens is 420 g/mol. The summed E-state index contributed by atoms with van der Waals surface area (Å²) in [7, 11) is 0. The maximum atomic E-state index is 12.8. The van der Waals surface area contributed by atoms with Crippen LogP contribution < -0.4 is 5.32 Å². The number of nitrogens with one attached hydrogen (secondary N) is 1. The zero-order valence-electron chi connectivity index (χ0n) is 17.8. The van der Waals surface area contributed by atoms with E-state index in [9.17, 15) is 4.79 Å². The number of carbonyl (C=O) groups excluding carboxylic acids is 1. The molecule has 1 aromatic heterocycles. The maximum absolute atomic E-state index is 12.8. The number of aromatic nitrogens is 3. The molecule has 1 N–H and O–H groups in total. The van der Waals surface area contributed by atoms with Gasteiger partial charge in [-0.1, -0.05) is 97.2 Å². The highest BCUT2D eigenvalue weighted by atomic mass is 32.2. The fraction of sp³-hybridized carbons (Fsp3) is 0.160. The summed E-state index contributed by atoms with van der Waals surface area (Å²) >= 11 is 1.55. The van der Waals surface area contributed by atoms with Crippen molar-refractivity contribution in [3.63, 3.8) is 0 Å². The van der Waals surface area contributed by atoms with Gasteiger partial charge in [0, 0.05) is 11.4 Å². The number of allylic oxidation sites excluding steroid dienone is 2. The molecule has 1 aliphatic rings. The number of hydrogen-bond acceptors (Lipinski definition) is 6. The van der Waals surface area contributed by atoms with E-state index in [4.69, 9.17) is 9.84 Å². The predicted molar refractivity (Wildman–Crippen MR) is 128 cm³/mol. The number of nitrogens with zero attached hydrogens (tertiary/aromatic N) is 3. The fourth-order valence-corrected chi connectivity index (χ4v) is 4.16. The number of ether oxygens (including phenoxy) is 1. The summed E-state index contributed by atoms with van der Waals surface area (Å²) in [4.78, 5) is 17.5. The Bertz CT molecular complexity index is 1150. The van der Waals surface area contributed by atoms with E-state index < -0.39 is 12.0 Å². The number of thioether (sulfide) groups is 1. The normalized spacial score (nSPS) is 15.3. The van der Waals surface area contributed by atoms with Gasteiger partial charge < -0.3 is 10.1 Å². The Kier molecular flexibility index (Phi) is 6.87. The summed E-state index contributed by atoms with van der Waals surface area (Å²) in [6.45, 7) is 5.62. The summed E-state index contributed by atoms with van der Waals surface area (Å²) in [5, 5.41) is 8.55. The van der Waals surface area contributed by atoms with Crippen LogP contribution in [0.4, 0.5) is 5.95 Å². The lowest BCUT2D eigenvalue weighted by Crippen LogP contribution is -2.28. The van der Waals surface area contributed by atoms with Gasteiger partial charge in [-0.3, -0.25) is 0 Å². The zero-order chi connectivity index (χ0) is 22.3. The minimum Gasteiger partial charge on any atom is -0.458 e. The van der Waals surface area contributed by atoms with Crippen LogP contribution in [0.5, 0.6) is 0 Å². The SMILES string of the molecule is C=CCOC(=O)C1=C(C)Nc2nc(SCc3ccccc3)nn2C1/C=C/c1ccccc1. The van der Waals surface area contributed by atoms with Crippen LogP contribution in [0.3, 0.4) is 0 Å². The van der Waals surface area contributed by atoms with E-state index in [1.165, 1.54) is 5.56 Å². The summed E-state index contributed by atoms with van der Waals surface area (Å²) in [5.74, 6) is 0.952. The summed E-state index contributed by atoms with van der Waals surface area (Å²) in [5.41, 5.74) is 3.42. The summed E-state index contributed by atoms with van der Waals surface area (Å²) < 4.78 is 7.10. The Labute approximate surface area is 191 Å². The predicted octanol–water partition coefficient (Wildman–Crippen LogP) is 5.25. The molecule has 0 saturated carbocycles. The fourth-order valence-electron chi connectivity index (χ4n) is 3.38. The molecule has 2 heterocycles. The van der Waals surface area contributed by atoms with Crippen molar-refractivity contribution in [2.24, 2.45) is 0 Å². The van der Waals surface area contributed by atoms with Crippen LogP contribution in [0.1, 0.15) is 24.1 Å². The second kappa shape index (κ2) is 10.2. The molecule has 0 aliphatic carbocycles. The van der Waals surface area contributed by atoms with Crippen LogP contribution >= 0.6 is 11.8 Å². The van der Waals surface area contributed by atoms with Gasteiger partial charge in [-0.15, -0.1) is 5.10 Å². The number of benzene rings is 2. The second-order valence-corrected chi connectivity index (χ2v) is 8.14. The first-order valence-corrected chi connectivity index (χ1v) is 11.3. The number of anilines is 1. The molecule has 7 heteroatoms. The highest BCUT2D eigenvalue weighted by molar-refractivity contribution is 7.98. The van der Waals surface area contributed by atoms with E-state index in [1.807, 2.05) is 67.6 Å². The lowest BCUT2D eigenvalue weighted by Gasteiger charge is -2.25. The Morgan fingerprint density at radius 2 is 1.91 bits per heavy atom. The smallest absolute Gasteiger partial charge is 0.338 e. The molecule has 4 rings (SSSR count). The Balaban J connectivity index is 1.64. The third-order valence-corrected chi connectivity index (χ3v) is 5.82. The first kappa shape index (κ1) is 21.6. The van der Waals surface area contributed by atoms with Crippen molar-refractivity contribution >= 4 is 29.8 Å². The minimum atomic E-state index is -0.442. The summed E-state index contributed by atoms with van der Waals surface area (Å²) in [6, 6.07) is 19.7. The van der Waals surface area contributed by atoms with Crippen molar-refractivity contribution in [3.05, 3.63) is 102 Å². The van der Waals surface area contributed by atoms with Crippen molar-refractivity contribution in [2.75, 3.05) is 11.9 Å². The summed E-state index contributed by atoms with van der Waals surface area (Å²) in [6.07, 6.45) is 5.48. The minimum absolute atomic E-state index is 0.146. The van der Waals surface area contributed by atoms with E-state index in [-0.39, 0.29) is 6.61 Å². The van der Waals surface area contributed by atoms with E-state index in [0.717, 1.165) is 11.3 Å². The number of fused-ring (bicyclic) bond motifs is 1. The third kappa shape index (κ3) is 5.00. The number of carbonyl (C=O) groups is 1. The highest BCUT2D eigenvalue weighted by Gasteiger charge is 2.32. The van der Waals surface area contributed by atoms with Gasteiger partial charge in [0.05, 0.1) is 5.57 Å². The largest absolute Gasteiger partial charge is 0.458 e. The van der Waals surface area contributed by atoms with E-state index in [0.29, 0.717) is 22.4 Å². The van der Waals surface area contributed by atoms with Crippen LogP contribution in [0.15, 0.2) is 95.8 Å². The Hall–Kier alpha value is -3.58. The van der Waals surface area contributed by atoms with Crippen LogP contribution in [-0.2, 0) is 15.3 Å². The molecule has 0 spiro atoms. The van der Waals surface area contributed by atoms with Gasteiger partial charge in [0.15, 0.2) is 0 Å². The molecule has 0 fully saturated rings. The van der Waals surface area contributed by atoms with Crippen molar-refractivity contribution in [2.45, 2.75) is 23.9 Å². The van der Waals surface area contributed by atoms with Crippen LogP contribution in [0.25, 0.3) is 6.08 Å². The van der Waals surface area contributed by atoms with Crippen molar-refractivity contribution in [1.82, 2.24) is 14.8 Å². The Morgan fingerprint density at radius 1 is 1.19 bits per heavy atom. The molecule has 2 aromatic carbocycles. The van der Waals surface area contributed by atoms with Gasteiger partial charge in [-0.25, -0.2) is 9.48 Å². The molecule has 32 heavy (non-hydrogen) atoms. The molecule has 0 amide bonds. The molecule has 0 radical (unpaired) electrons. The average Bonchev–Trinajstić information content (AvgIpc) is 3.23. The average molecular weight is 445 g/mol. The van der Waals surface area contributed by atoms with Gasteiger partial charge in [0.25, 0.3) is 0 Å². The zero-order valence-corrected chi connectivity index (χ0v) is 18.6. The Morgan fingerprint density at radius 3 is 2.62 bits per heavy atom. The molecule has 0 saturated heterocycles. The van der Waals surface area contributed by atoms with Gasteiger partial charge in [0.2, 0.25) is 11.1 Å². The molecule has 162 valence electrons. The number of esters is 1. The number of hydrogen-bond donors (Lipinski definition) is 1. The van der Waals surface area contributed by atoms with E-state index in [1.54, 1.807) is 22.5 Å². The quantitative estimate of drug-likeness (QED) is 0.291. The van der Waals surface area contributed by atoms with Crippen molar-refractivity contribution in [1.29, 1.82) is 0 Å². The van der Waals surface area contributed by atoms with Crippen LogP contribution in [0.2, 0.25) is 0 Å². The molecular formula is C25H24N4O2S. The van der Waals surface area contributed by atoms with Gasteiger partial charge in [0.1, 0.15) is 12.6 Å². The van der Waals surface area contributed by atoms with Crippen LogP contribution in [-0.4, -0.2) is 27.3 Å². The van der Waals surface area contributed by atoms with Gasteiger partial charge >= 0.3 is 5.97 Å². The molecule has 1 unspecified atom stereocenters. The van der Waals surface area contributed by atoms with Crippen molar-refractivity contribution < 1.29 is 9.53 Å². The van der Waals surface area contributed by atoms with Crippen molar-refractivity contribution in [3.8, 4) is 0 Å². The lowest BCUT2D eigenvalue weighted by molar-refractivity contribution is -0.138. The monoisotopic (exact) mass is 444 g/mol. The standard InChI is InChI=1S/C25H24N4O2S/c1-3-16-31-23(30)22-18(2)26-24-27-25(32-17-20-12-8-5-9-13-20)28-29(24)21(22)15-14-19-10-6-4-7-11-19/h3-15,21H,1,16-17H2,2H3,(H,26,27,28)/b15-14+. The molecule has 1 aliphatic heterocycles. The lowest BCUT2D eigenvalue weighted by atomic mass is 10.0. The first-order chi connectivity index (χ1) is 15.7. The molecule has 6 nitrogen and oxygen atoms in total. The van der Waals surface area contributed by atoms with Crippen LogP contribution in [0, 0.1) is 0 Å². The second-order valence-electron chi connectivity index (χ2n) is 7.20. The van der Waals surface area contributed by atoms with Gasteiger partial charge in [-0.2, -0.15) is 4.98 Å². The highest BCUT2D eigenvalue weighted by Crippen LogP contribution is 2.34. The topological polar surface area (TPSA) is 69.0 Å². The first-order valence-electron chi connectivity index (χ1n) is 10.3. The van der Waals surface area contributed by atoms with Gasteiger partial charge in [-0.05, 0) is 18.1 Å². The number of rotatable bonds is 8. The molecule has 0 bridgehead atoms. The molecule has 3 aromatic rings. The third-order valence-electron chi connectivity index (χ3n) is 4.91. The van der Waals surface area contributed by atoms with E-state index in [2.05, 4.69) is 29.0 Å². The molecule has 1 atom stereocenters.